The number of hydrogen-bond acceptors (Lipinski definition) is 3. The topological polar surface area (TPSA) is 63.4 Å². The largest absolute Gasteiger partial charge is 0.397 e. The van der Waals surface area contributed by atoms with Gasteiger partial charge >= 0.3 is 0 Å². The number of nitrogen functional groups attached to an aromatic ring is 1. The summed E-state index contributed by atoms with van der Waals surface area (Å²) < 4.78 is 0. The molecule has 2 unspecified atom stereocenters. The lowest BCUT2D eigenvalue weighted by molar-refractivity contribution is -0.125. The second-order valence-corrected chi connectivity index (χ2v) is 5.90. The molecule has 1 heterocycles. The van der Waals surface area contributed by atoms with E-state index in [4.69, 9.17) is 17.3 Å². The van der Waals surface area contributed by atoms with Crippen LogP contribution in [0.15, 0.2) is 18.2 Å². The number of rotatable bonds is 1. The summed E-state index contributed by atoms with van der Waals surface area (Å²) in [7, 11) is 0. The molecule has 0 aromatic heterocycles. The van der Waals surface area contributed by atoms with E-state index in [0.29, 0.717) is 16.4 Å². The van der Waals surface area contributed by atoms with Gasteiger partial charge in [-0.05, 0) is 23.6 Å². The quantitative estimate of drug-likeness (QED) is 0.624. The molecular weight excluding hydrogens is 252 g/mol. The molecule has 1 saturated carbocycles. The molecule has 2 amide bonds. The number of fused-ring (bicyclic) bond motifs is 1. The third-order valence-corrected chi connectivity index (χ3v) is 4.38. The smallest absolute Gasteiger partial charge is 0.238 e. The standard InChI is InChI=1S/C13H13ClN2O2/c1-13(2)9-10(13)12(18)16(11(9)17)6-3-4-7(14)8(15)5-6/h3-5,9-10H,15H2,1-2H3. The van der Waals surface area contributed by atoms with Crippen LogP contribution in [-0.2, 0) is 9.59 Å². The fourth-order valence-electron chi connectivity index (χ4n) is 2.87. The maximum Gasteiger partial charge on any atom is 0.238 e. The van der Waals surface area contributed by atoms with Crippen LogP contribution in [0, 0.1) is 17.3 Å². The number of nitrogens with zero attached hydrogens (tertiary/aromatic N) is 1. The van der Waals surface area contributed by atoms with Gasteiger partial charge < -0.3 is 5.73 Å². The highest BCUT2D eigenvalue weighted by atomic mass is 35.5. The van der Waals surface area contributed by atoms with Crippen LogP contribution in [-0.4, -0.2) is 11.8 Å². The van der Waals surface area contributed by atoms with Crippen LogP contribution in [0.1, 0.15) is 13.8 Å². The molecule has 2 aliphatic rings. The number of carbonyl (C=O) groups is 2. The Morgan fingerprint density at radius 2 is 1.78 bits per heavy atom. The summed E-state index contributed by atoms with van der Waals surface area (Å²) in [5.41, 5.74) is 6.38. The molecule has 94 valence electrons. The molecule has 0 bridgehead atoms. The van der Waals surface area contributed by atoms with E-state index in [2.05, 4.69) is 0 Å². The number of halogens is 1. The van der Waals surface area contributed by atoms with Gasteiger partial charge in [-0.15, -0.1) is 0 Å². The molecule has 1 aliphatic heterocycles. The van der Waals surface area contributed by atoms with Crippen molar-refractivity contribution >= 4 is 34.8 Å². The van der Waals surface area contributed by atoms with Crippen molar-refractivity contribution in [1.29, 1.82) is 0 Å². The molecule has 1 saturated heterocycles. The van der Waals surface area contributed by atoms with Crippen molar-refractivity contribution in [3.8, 4) is 0 Å². The second kappa shape index (κ2) is 3.26. The van der Waals surface area contributed by atoms with Gasteiger partial charge in [0.2, 0.25) is 11.8 Å². The van der Waals surface area contributed by atoms with Crippen molar-refractivity contribution in [1.82, 2.24) is 0 Å². The molecule has 2 fully saturated rings. The predicted octanol–water partition coefficient (Wildman–Crippen LogP) is 2.07. The highest BCUT2D eigenvalue weighted by Crippen LogP contribution is 2.63. The minimum Gasteiger partial charge on any atom is -0.397 e. The van der Waals surface area contributed by atoms with E-state index in [1.165, 1.54) is 4.90 Å². The van der Waals surface area contributed by atoms with E-state index in [9.17, 15) is 9.59 Å². The Hall–Kier alpha value is -1.55. The van der Waals surface area contributed by atoms with Gasteiger partial charge in [0, 0.05) is 0 Å². The zero-order valence-electron chi connectivity index (χ0n) is 10.1. The van der Waals surface area contributed by atoms with Crippen LogP contribution in [0.2, 0.25) is 5.02 Å². The van der Waals surface area contributed by atoms with Crippen molar-refractivity contribution in [2.75, 3.05) is 10.6 Å². The van der Waals surface area contributed by atoms with E-state index in [-0.39, 0.29) is 29.1 Å². The van der Waals surface area contributed by atoms with E-state index in [1.807, 2.05) is 13.8 Å². The van der Waals surface area contributed by atoms with Crippen LogP contribution in [0.5, 0.6) is 0 Å². The van der Waals surface area contributed by atoms with Gasteiger partial charge in [0.05, 0.1) is 28.2 Å². The maximum atomic E-state index is 12.2. The van der Waals surface area contributed by atoms with Gasteiger partial charge in [0.25, 0.3) is 0 Å². The number of imide groups is 1. The Morgan fingerprint density at radius 3 is 2.28 bits per heavy atom. The molecule has 3 rings (SSSR count). The number of nitrogens with two attached hydrogens (primary N) is 1. The molecule has 2 atom stereocenters. The summed E-state index contributed by atoms with van der Waals surface area (Å²) in [6.07, 6.45) is 0. The summed E-state index contributed by atoms with van der Waals surface area (Å²) in [4.78, 5) is 25.6. The number of anilines is 2. The van der Waals surface area contributed by atoms with Gasteiger partial charge in [-0.3, -0.25) is 9.59 Å². The first-order valence-electron chi connectivity index (χ1n) is 5.78. The van der Waals surface area contributed by atoms with Crippen LogP contribution in [0.25, 0.3) is 0 Å². The predicted molar refractivity (Wildman–Crippen MR) is 69.1 cm³/mol. The molecular formula is C13H13ClN2O2. The lowest BCUT2D eigenvalue weighted by atomic mass is 10.1. The Bertz CT molecular complexity index is 558. The number of benzene rings is 1. The average molecular weight is 265 g/mol. The number of amides is 2. The molecule has 5 heteroatoms. The van der Waals surface area contributed by atoms with Gasteiger partial charge in [0.1, 0.15) is 0 Å². The number of hydrogen-bond donors (Lipinski definition) is 1. The third-order valence-electron chi connectivity index (χ3n) is 4.04. The van der Waals surface area contributed by atoms with Crippen molar-refractivity contribution in [2.24, 2.45) is 17.3 Å². The molecule has 18 heavy (non-hydrogen) atoms. The molecule has 0 radical (unpaired) electrons. The maximum absolute atomic E-state index is 12.2. The van der Waals surface area contributed by atoms with Gasteiger partial charge in [-0.2, -0.15) is 0 Å². The minimum atomic E-state index is -0.192. The van der Waals surface area contributed by atoms with Crippen molar-refractivity contribution in [3.63, 3.8) is 0 Å². The van der Waals surface area contributed by atoms with Gasteiger partial charge in [0.15, 0.2) is 0 Å². The summed E-state index contributed by atoms with van der Waals surface area (Å²) >= 11 is 5.83. The van der Waals surface area contributed by atoms with Crippen molar-refractivity contribution < 1.29 is 9.59 Å². The molecule has 4 nitrogen and oxygen atoms in total. The number of carbonyl (C=O) groups excluding carboxylic acids is 2. The molecule has 1 aromatic rings. The normalized spacial score (nSPS) is 28.5. The van der Waals surface area contributed by atoms with E-state index in [0.717, 1.165) is 0 Å². The molecule has 1 aliphatic carbocycles. The SMILES string of the molecule is CC1(C)C2C(=O)N(c3ccc(Cl)c(N)c3)C(=O)C21. The lowest BCUT2D eigenvalue weighted by Gasteiger charge is -2.20. The monoisotopic (exact) mass is 264 g/mol. The average Bonchev–Trinajstić information content (AvgIpc) is 2.74. The second-order valence-electron chi connectivity index (χ2n) is 5.49. The van der Waals surface area contributed by atoms with E-state index in [1.54, 1.807) is 18.2 Å². The van der Waals surface area contributed by atoms with Gasteiger partial charge in [-0.25, -0.2) is 4.90 Å². The summed E-state index contributed by atoms with van der Waals surface area (Å²) in [5, 5.41) is 0.420. The summed E-state index contributed by atoms with van der Waals surface area (Å²) in [6.45, 7) is 3.90. The fraction of sp³-hybridized carbons (Fsp3) is 0.385. The Kier molecular flexibility index (Phi) is 2.09. The minimum absolute atomic E-state index is 0.128. The van der Waals surface area contributed by atoms with Gasteiger partial charge in [-0.1, -0.05) is 25.4 Å². The highest BCUT2D eigenvalue weighted by Gasteiger charge is 2.72. The first-order valence-corrected chi connectivity index (χ1v) is 6.16. The van der Waals surface area contributed by atoms with E-state index < -0.39 is 0 Å². The zero-order valence-corrected chi connectivity index (χ0v) is 10.9. The first-order chi connectivity index (χ1) is 8.35. The number of piperidine rings is 1. The molecule has 2 N–H and O–H groups in total. The Labute approximate surface area is 110 Å². The Balaban J connectivity index is 1.98. The Morgan fingerprint density at radius 1 is 1.22 bits per heavy atom. The van der Waals surface area contributed by atoms with Crippen LogP contribution in [0.3, 0.4) is 0 Å². The van der Waals surface area contributed by atoms with Crippen LogP contribution >= 0.6 is 11.6 Å². The highest BCUT2D eigenvalue weighted by molar-refractivity contribution is 6.33. The molecule has 1 aromatic carbocycles. The van der Waals surface area contributed by atoms with Crippen LogP contribution < -0.4 is 10.6 Å². The summed E-state index contributed by atoms with van der Waals surface area (Å²) in [6, 6.07) is 4.81. The lowest BCUT2D eigenvalue weighted by Crippen LogP contribution is -2.36. The van der Waals surface area contributed by atoms with Crippen LogP contribution in [0.4, 0.5) is 11.4 Å². The summed E-state index contributed by atoms with van der Waals surface area (Å²) in [5.74, 6) is -0.614. The van der Waals surface area contributed by atoms with Crippen molar-refractivity contribution in [3.05, 3.63) is 23.2 Å². The third kappa shape index (κ3) is 1.27. The van der Waals surface area contributed by atoms with Crippen molar-refractivity contribution in [2.45, 2.75) is 13.8 Å². The molecule has 0 spiro atoms. The zero-order chi connectivity index (χ0) is 13.2. The fourth-order valence-corrected chi connectivity index (χ4v) is 2.99. The first kappa shape index (κ1) is 11.5. The van der Waals surface area contributed by atoms with E-state index >= 15 is 0 Å².